The Morgan fingerprint density at radius 1 is 1.24 bits per heavy atom. The Morgan fingerprint density at radius 2 is 2.24 bits per heavy atom. The van der Waals surface area contributed by atoms with Crippen LogP contribution in [0.3, 0.4) is 0 Å². The predicted molar refractivity (Wildman–Crippen MR) is 59.6 cm³/mol. The molecule has 2 heterocycles. The van der Waals surface area contributed by atoms with E-state index in [9.17, 15) is 0 Å². The largest absolute Gasteiger partial charge is 0.454 e. The smallest absolute Gasteiger partial charge is 0.231 e. The number of fused-ring (bicyclic) bond motifs is 1. The first kappa shape index (κ1) is 10.2. The molecule has 88 valence electrons. The Kier molecular flexibility index (Phi) is 2.67. The number of aromatic nitrogens is 1. The highest BCUT2D eigenvalue weighted by Gasteiger charge is 2.16. The Bertz CT molecular complexity index is 496. The van der Waals surface area contributed by atoms with E-state index in [2.05, 4.69) is 10.3 Å². The van der Waals surface area contributed by atoms with Crippen LogP contribution in [0.4, 0.5) is 0 Å². The van der Waals surface area contributed by atoms with Gasteiger partial charge in [0.2, 0.25) is 6.79 Å². The molecule has 0 radical (unpaired) electrons. The van der Waals surface area contributed by atoms with E-state index in [1.165, 1.54) is 6.39 Å². The second-order valence-corrected chi connectivity index (χ2v) is 3.73. The van der Waals surface area contributed by atoms with Gasteiger partial charge in [0.05, 0.1) is 5.69 Å². The van der Waals surface area contributed by atoms with Crippen LogP contribution in [0.15, 0.2) is 35.3 Å². The van der Waals surface area contributed by atoms with Crippen LogP contribution in [0.2, 0.25) is 0 Å². The number of benzene rings is 1. The normalized spacial score (nSPS) is 12.9. The Labute approximate surface area is 98.4 Å². The molecule has 0 spiro atoms. The van der Waals surface area contributed by atoms with Crippen LogP contribution in [0.5, 0.6) is 11.5 Å². The molecule has 1 aliphatic rings. The number of hydrogen-bond donors (Lipinski definition) is 1. The molecule has 17 heavy (non-hydrogen) atoms. The van der Waals surface area contributed by atoms with Crippen molar-refractivity contribution >= 4 is 0 Å². The zero-order chi connectivity index (χ0) is 11.5. The van der Waals surface area contributed by atoms with Crippen molar-refractivity contribution in [1.29, 1.82) is 0 Å². The lowest BCUT2D eigenvalue weighted by atomic mass is 10.2. The van der Waals surface area contributed by atoms with Crippen LogP contribution >= 0.6 is 0 Å². The van der Waals surface area contributed by atoms with Crippen molar-refractivity contribution in [3.05, 3.63) is 42.1 Å². The van der Waals surface area contributed by atoms with Gasteiger partial charge in [-0.1, -0.05) is 12.1 Å². The molecule has 1 N–H and O–H groups in total. The van der Waals surface area contributed by atoms with Crippen molar-refractivity contribution in [3.63, 3.8) is 0 Å². The van der Waals surface area contributed by atoms with Gasteiger partial charge in [0.1, 0.15) is 6.26 Å². The predicted octanol–water partition coefficient (Wildman–Crippen LogP) is 1.69. The van der Waals surface area contributed by atoms with Gasteiger partial charge >= 0.3 is 0 Å². The lowest BCUT2D eigenvalue weighted by molar-refractivity contribution is 0.173. The van der Waals surface area contributed by atoms with E-state index in [1.54, 1.807) is 6.26 Å². The highest BCUT2D eigenvalue weighted by Crippen LogP contribution is 2.35. The number of nitrogens with one attached hydrogen (secondary N) is 1. The molecule has 0 atom stereocenters. The van der Waals surface area contributed by atoms with Crippen molar-refractivity contribution in [3.8, 4) is 11.5 Å². The summed E-state index contributed by atoms with van der Waals surface area (Å²) in [5, 5.41) is 3.28. The van der Waals surface area contributed by atoms with Gasteiger partial charge in [0.25, 0.3) is 0 Å². The van der Waals surface area contributed by atoms with Gasteiger partial charge < -0.3 is 19.2 Å². The number of para-hydroxylation sites is 1. The van der Waals surface area contributed by atoms with E-state index < -0.39 is 0 Å². The molecular weight excluding hydrogens is 220 g/mol. The quantitative estimate of drug-likeness (QED) is 0.869. The van der Waals surface area contributed by atoms with E-state index in [-0.39, 0.29) is 0 Å². The first-order valence-electron chi connectivity index (χ1n) is 5.39. The standard InChI is InChI=1S/C12H12N2O3/c1-2-9(12-11(3-1)16-8-17-12)4-13-5-10-6-15-7-14-10/h1-3,6-7,13H,4-5,8H2. The summed E-state index contributed by atoms with van der Waals surface area (Å²) < 4.78 is 15.6. The van der Waals surface area contributed by atoms with Crippen LogP contribution in [0, 0.1) is 0 Å². The van der Waals surface area contributed by atoms with Crippen molar-refractivity contribution in [2.24, 2.45) is 0 Å². The minimum atomic E-state index is 0.301. The molecule has 5 heteroatoms. The molecule has 0 unspecified atom stereocenters. The summed E-state index contributed by atoms with van der Waals surface area (Å²) in [6, 6.07) is 5.88. The number of rotatable bonds is 4. The molecule has 0 saturated carbocycles. The van der Waals surface area contributed by atoms with Crippen molar-refractivity contribution in [2.45, 2.75) is 13.1 Å². The molecule has 5 nitrogen and oxygen atoms in total. The zero-order valence-electron chi connectivity index (χ0n) is 9.18. The average Bonchev–Trinajstić information content (AvgIpc) is 2.99. The molecule has 0 amide bonds. The lowest BCUT2D eigenvalue weighted by Crippen LogP contribution is -2.13. The number of oxazole rings is 1. The molecule has 1 aliphatic heterocycles. The summed E-state index contributed by atoms with van der Waals surface area (Å²) in [6.45, 7) is 1.68. The molecular formula is C12H12N2O3. The minimum Gasteiger partial charge on any atom is -0.454 e. The monoisotopic (exact) mass is 232 g/mol. The fraction of sp³-hybridized carbons (Fsp3) is 0.250. The maximum atomic E-state index is 5.42. The van der Waals surface area contributed by atoms with E-state index in [1.807, 2.05) is 18.2 Å². The Balaban J connectivity index is 1.64. The number of hydrogen-bond acceptors (Lipinski definition) is 5. The minimum absolute atomic E-state index is 0.301. The zero-order valence-corrected chi connectivity index (χ0v) is 9.18. The summed E-state index contributed by atoms with van der Waals surface area (Å²) in [5.74, 6) is 1.64. The summed E-state index contributed by atoms with van der Waals surface area (Å²) in [7, 11) is 0. The summed E-state index contributed by atoms with van der Waals surface area (Å²) in [4.78, 5) is 4.03. The van der Waals surface area contributed by atoms with Crippen LogP contribution in [0.1, 0.15) is 11.3 Å². The molecule has 0 saturated heterocycles. The van der Waals surface area contributed by atoms with Gasteiger partial charge in [0, 0.05) is 18.7 Å². The van der Waals surface area contributed by atoms with E-state index in [0.29, 0.717) is 19.9 Å². The second-order valence-electron chi connectivity index (χ2n) is 3.73. The third-order valence-electron chi connectivity index (χ3n) is 2.58. The van der Waals surface area contributed by atoms with Crippen molar-refractivity contribution in [2.75, 3.05) is 6.79 Å². The van der Waals surface area contributed by atoms with Crippen molar-refractivity contribution < 1.29 is 13.9 Å². The van der Waals surface area contributed by atoms with Crippen molar-refractivity contribution in [1.82, 2.24) is 10.3 Å². The van der Waals surface area contributed by atoms with E-state index in [0.717, 1.165) is 22.8 Å². The third-order valence-corrected chi connectivity index (χ3v) is 2.58. The fourth-order valence-corrected chi connectivity index (χ4v) is 1.78. The molecule has 0 bridgehead atoms. The summed E-state index contributed by atoms with van der Waals surface area (Å²) in [5.41, 5.74) is 1.97. The lowest BCUT2D eigenvalue weighted by Gasteiger charge is -2.06. The molecule has 2 aromatic rings. The SMILES string of the molecule is c1cc(CNCc2cocn2)c2c(c1)OCO2. The summed E-state index contributed by atoms with van der Waals surface area (Å²) >= 11 is 0. The Morgan fingerprint density at radius 3 is 3.12 bits per heavy atom. The highest BCUT2D eigenvalue weighted by molar-refractivity contribution is 5.48. The van der Waals surface area contributed by atoms with Gasteiger partial charge in [-0.25, -0.2) is 4.98 Å². The molecule has 1 aromatic heterocycles. The molecule has 3 rings (SSSR count). The van der Waals surface area contributed by atoms with Crippen LogP contribution in [0.25, 0.3) is 0 Å². The van der Waals surface area contributed by atoms with Gasteiger partial charge in [-0.2, -0.15) is 0 Å². The Hall–Kier alpha value is -2.01. The second kappa shape index (κ2) is 4.47. The van der Waals surface area contributed by atoms with E-state index >= 15 is 0 Å². The third kappa shape index (κ3) is 2.09. The van der Waals surface area contributed by atoms with Gasteiger partial charge in [-0.05, 0) is 6.07 Å². The first-order valence-corrected chi connectivity index (χ1v) is 5.39. The summed E-state index contributed by atoms with van der Waals surface area (Å²) in [6.07, 6.45) is 3.05. The molecule has 0 fully saturated rings. The maximum absolute atomic E-state index is 5.42. The van der Waals surface area contributed by atoms with Gasteiger partial charge in [0.15, 0.2) is 17.9 Å². The van der Waals surface area contributed by atoms with E-state index in [4.69, 9.17) is 13.9 Å². The van der Waals surface area contributed by atoms with Gasteiger partial charge in [-0.15, -0.1) is 0 Å². The average molecular weight is 232 g/mol. The topological polar surface area (TPSA) is 56.5 Å². The van der Waals surface area contributed by atoms with Crippen LogP contribution in [-0.2, 0) is 13.1 Å². The van der Waals surface area contributed by atoms with Crippen LogP contribution < -0.4 is 14.8 Å². The maximum Gasteiger partial charge on any atom is 0.231 e. The molecule has 1 aromatic carbocycles. The van der Waals surface area contributed by atoms with Crippen LogP contribution in [-0.4, -0.2) is 11.8 Å². The highest BCUT2D eigenvalue weighted by atomic mass is 16.7. The number of ether oxygens (including phenoxy) is 2. The number of nitrogens with zero attached hydrogens (tertiary/aromatic N) is 1. The first-order chi connectivity index (χ1) is 8.43. The fourth-order valence-electron chi connectivity index (χ4n) is 1.78. The molecule has 0 aliphatic carbocycles. The van der Waals surface area contributed by atoms with Gasteiger partial charge in [-0.3, -0.25) is 0 Å².